The van der Waals surface area contributed by atoms with Crippen LogP contribution in [0, 0.1) is 20.8 Å². The number of thiophene rings is 1. The fourth-order valence-electron chi connectivity index (χ4n) is 4.23. The first-order valence-electron chi connectivity index (χ1n) is 10.7. The molecule has 1 aromatic heterocycles. The molecule has 1 N–H and O–H groups in total. The third-order valence-corrected chi connectivity index (χ3v) is 7.25. The summed E-state index contributed by atoms with van der Waals surface area (Å²) in [7, 11) is 0. The van der Waals surface area contributed by atoms with Gasteiger partial charge in [0.15, 0.2) is 11.5 Å². The zero-order chi connectivity index (χ0) is 23.3. The smallest absolute Gasteiger partial charge is 0.300 e. The number of amides is 1. The Labute approximate surface area is 195 Å². The number of hydrogen-bond donors (Lipinski definition) is 1. The molecule has 2 aliphatic heterocycles. The first-order chi connectivity index (χ1) is 15.9. The second kappa shape index (κ2) is 8.08. The van der Waals surface area contributed by atoms with Crippen LogP contribution in [0.1, 0.15) is 33.2 Å². The Morgan fingerprint density at radius 3 is 2.39 bits per heavy atom. The molecule has 6 nitrogen and oxygen atoms in total. The summed E-state index contributed by atoms with van der Waals surface area (Å²) in [5.74, 6) is -0.514. The average Bonchev–Trinajstić information content (AvgIpc) is 3.35. The van der Waals surface area contributed by atoms with Crippen molar-refractivity contribution in [3.63, 3.8) is 0 Å². The minimum absolute atomic E-state index is 0.0699. The molecule has 1 unspecified atom stereocenters. The van der Waals surface area contributed by atoms with Gasteiger partial charge in [-0.15, -0.1) is 11.3 Å². The first kappa shape index (κ1) is 21.3. The Hall–Kier alpha value is -3.58. The molecule has 2 aromatic carbocycles. The number of anilines is 1. The van der Waals surface area contributed by atoms with Crippen LogP contribution in [-0.4, -0.2) is 30.0 Å². The number of ketones is 1. The Bertz CT molecular complexity index is 1320. The van der Waals surface area contributed by atoms with E-state index in [1.165, 1.54) is 16.2 Å². The summed E-state index contributed by atoms with van der Waals surface area (Å²) in [6.45, 7) is 6.77. The molecule has 0 saturated carbocycles. The van der Waals surface area contributed by atoms with Crippen molar-refractivity contribution in [1.29, 1.82) is 0 Å². The third kappa shape index (κ3) is 3.49. The van der Waals surface area contributed by atoms with Gasteiger partial charge in [-0.25, -0.2) is 0 Å². The zero-order valence-corrected chi connectivity index (χ0v) is 19.4. The van der Waals surface area contributed by atoms with Gasteiger partial charge in [-0.2, -0.15) is 0 Å². The Morgan fingerprint density at radius 2 is 1.70 bits per heavy atom. The highest BCUT2D eigenvalue weighted by Crippen LogP contribution is 2.45. The molecule has 1 atom stereocenters. The number of carbonyl (C=O) groups excluding carboxylic acids is 2. The minimum atomic E-state index is -0.722. The van der Waals surface area contributed by atoms with Gasteiger partial charge in [-0.05, 0) is 79.2 Å². The van der Waals surface area contributed by atoms with Crippen LogP contribution in [0.15, 0.2) is 53.4 Å². The quantitative estimate of drug-likeness (QED) is 0.335. The second-order valence-corrected chi connectivity index (χ2v) is 9.21. The molecule has 1 saturated heterocycles. The van der Waals surface area contributed by atoms with Crippen molar-refractivity contribution in [3.05, 3.63) is 80.5 Å². The van der Waals surface area contributed by atoms with Crippen LogP contribution in [0.25, 0.3) is 5.76 Å². The Morgan fingerprint density at radius 1 is 0.939 bits per heavy atom. The molecular formula is C26H23NO5S. The largest absolute Gasteiger partial charge is 0.507 e. The van der Waals surface area contributed by atoms with Crippen LogP contribution in [0.2, 0.25) is 0 Å². The average molecular weight is 462 g/mol. The molecule has 0 radical (unpaired) electrons. The molecule has 1 fully saturated rings. The molecule has 7 heteroatoms. The van der Waals surface area contributed by atoms with Gasteiger partial charge in [0.2, 0.25) is 0 Å². The summed E-state index contributed by atoms with van der Waals surface area (Å²) in [5, 5.41) is 13.2. The number of ether oxygens (including phenoxy) is 2. The maximum Gasteiger partial charge on any atom is 0.300 e. The van der Waals surface area contributed by atoms with E-state index in [-0.39, 0.29) is 11.3 Å². The highest BCUT2D eigenvalue weighted by Gasteiger charge is 2.48. The molecule has 0 bridgehead atoms. The molecular weight excluding hydrogens is 438 g/mol. The molecule has 33 heavy (non-hydrogen) atoms. The number of rotatable bonds is 3. The van der Waals surface area contributed by atoms with Crippen molar-refractivity contribution in [2.75, 3.05) is 18.1 Å². The van der Waals surface area contributed by atoms with Gasteiger partial charge in [0.1, 0.15) is 25.0 Å². The number of hydrogen-bond acceptors (Lipinski definition) is 6. The maximum absolute atomic E-state index is 13.3. The summed E-state index contributed by atoms with van der Waals surface area (Å²) in [6.07, 6.45) is 0. The topological polar surface area (TPSA) is 76.1 Å². The van der Waals surface area contributed by atoms with Crippen molar-refractivity contribution in [1.82, 2.24) is 0 Å². The number of nitrogens with zero attached hydrogens (tertiary/aromatic N) is 1. The van der Waals surface area contributed by atoms with Crippen molar-refractivity contribution in [2.45, 2.75) is 26.8 Å². The van der Waals surface area contributed by atoms with E-state index in [4.69, 9.17) is 9.47 Å². The predicted octanol–water partition coefficient (Wildman–Crippen LogP) is 5.07. The molecule has 1 amide bonds. The summed E-state index contributed by atoms with van der Waals surface area (Å²) in [4.78, 5) is 28.9. The lowest BCUT2D eigenvalue weighted by molar-refractivity contribution is -0.132. The number of fused-ring (bicyclic) bond motifs is 1. The normalized spacial score (nSPS) is 19.2. The van der Waals surface area contributed by atoms with E-state index in [1.807, 2.05) is 50.4 Å². The lowest BCUT2D eigenvalue weighted by Crippen LogP contribution is -2.29. The standard InChI is InChI=1S/C26H23NO5S/c1-14-4-6-18(12-16(14)3)27-22(25-15(2)8-11-33-25)21(24(29)26(27)30)23(28)17-5-7-19-20(13-17)32-10-9-31-19/h4-8,11-13,22,28H,9-10H2,1-3H3/b23-21-. The first-order valence-corrected chi connectivity index (χ1v) is 11.6. The fourth-order valence-corrected chi connectivity index (χ4v) is 5.26. The number of benzene rings is 2. The van der Waals surface area contributed by atoms with Crippen LogP contribution < -0.4 is 14.4 Å². The Kier molecular flexibility index (Phi) is 5.21. The van der Waals surface area contributed by atoms with Gasteiger partial charge < -0.3 is 14.6 Å². The van der Waals surface area contributed by atoms with E-state index in [1.54, 1.807) is 18.2 Å². The summed E-state index contributed by atoms with van der Waals surface area (Å²) < 4.78 is 11.2. The van der Waals surface area contributed by atoms with Gasteiger partial charge in [-0.3, -0.25) is 14.5 Å². The van der Waals surface area contributed by atoms with E-state index in [9.17, 15) is 14.7 Å². The zero-order valence-electron chi connectivity index (χ0n) is 18.5. The molecule has 168 valence electrons. The van der Waals surface area contributed by atoms with Crippen LogP contribution in [-0.2, 0) is 9.59 Å². The van der Waals surface area contributed by atoms with Crippen LogP contribution in [0.4, 0.5) is 5.69 Å². The lowest BCUT2D eigenvalue weighted by Gasteiger charge is -2.25. The summed E-state index contributed by atoms with van der Waals surface area (Å²) in [5.41, 5.74) is 4.16. The van der Waals surface area contributed by atoms with Crippen molar-refractivity contribution >= 4 is 34.5 Å². The fraction of sp³-hybridized carbons (Fsp3) is 0.231. The van der Waals surface area contributed by atoms with Crippen LogP contribution in [0.3, 0.4) is 0 Å². The van der Waals surface area contributed by atoms with E-state index in [0.29, 0.717) is 36.0 Å². The molecule has 3 aromatic rings. The highest BCUT2D eigenvalue weighted by atomic mass is 32.1. The Balaban J connectivity index is 1.70. The summed E-state index contributed by atoms with van der Waals surface area (Å²) >= 11 is 1.46. The molecule has 0 spiro atoms. The third-order valence-electron chi connectivity index (χ3n) is 6.18. The van der Waals surface area contributed by atoms with Crippen molar-refractivity contribution in [2.24, 2.45) is 0 Å². The highest BCUT2D eigenvalue weighted by molar-refractivity contribution is 7.10. The predicted molar refractivity (Wildman–Crippen MR) is 127 cm³/mol. The molecule has 3 heterocycles. The van der Waals surface area contributed by atoms with Crippen molar-refractivity contribution in [3.8, 4) is 11.5 Å². The van der Waals surface area contributed by atoms with E-state index in [0.717, 1.165) is 21.6 Å². The van der Waals surface area contributed by atoms with E-state index in [2.05, 4.69) is 0 Å². The lowest BCUT2D eigenvalue weighted by atomic mass is 9.98. The minimum Gasteiger partial charge on any atom is -0.507 e. The molecule has 0 aliphatic carbocycles. The van der Waals surface area contributed by atoms with E-state index < -0.39 is 17.7 Å². The maximum atomic E-state index is 13.3. The molecule has 5 rings (SSSR count). The van der Waals surface area contributed by atoms with Gasteiger partial charge in [0, 0.05) is 16.1 Å². The second-order valence-electron chi connectivity index (χ2n) is 8.26. The number of aliphatic hydroxyl groups is 1. The van der Waals surface area contributed by atoms with E-state index >= 15 is 0 Å². The number of carbonyl (C=O) groups is 2. The number of aliphatic hydroxyl groups excluding tert-OH is 1. The van der Waals surface area contributed by atoms with Crippen molar-refractivity contribution < 1.29 is 24.2 Å². The van der Waals surface area contributed by atoms with Gasteiger partial charge in [0.25, 0.3) is 11.7 Å². The van der Waals surface area contributed by atoms with Gasteiger partial charge in [-0.1, -0.05) is 6.07 Å². The van der Waals surface area contributed by atoms with Gasteiger partial charge >= 0.3 is 0 Å². The number of aryl methyl sites for hydroxylation is 3. The number of Topliss-reactive ketones (excluding diaryl/α,β-unsaturated/α-hetero) is 1. The van der Waals surface area contributed by atoms with Gasteiger partial charge in [0.05, 0.1) is 5.57 Å². The SMILES string of the molecule is Cc1ccc(N2C(=O)C(=O)/C(=C(\O)c3ccc4c(c3)OCCO4)C2c2sccc2C)cc1C. The van der Waals surface area contributed by atoms with Crippen LogP contribution >= 0.6 is 11.3 Å². The van der Waals surface area contributed by atoms with Crippen LogP contribution in [0.5, 0.6) is 11.5 Å². The summed E-state index contributed by atoms with van der Waals surface area (Å²) in [6, 6.07) is 11.9. The molecule has 2 aliphatic rings. The monoisotopic (exact) mass is 461 g/mol.